The molecule has 0 fully saturated rings. The molecule has 0 aliphatic rings. The fraction of sp³-hybridized carbons (Fsp3) is 0.538. The molecule has 0 bridgehead atoms. The third-order valence-corrected chi connectivity index (χ3v) is 5.97. The molecule has 30 heavy (non-hydrogen) atoms. The van der Waals surface area contributed by atoms with Crippen LogP contribution < -0.4 is 10.6 Å². The van der Waals surface area contributed by atoms with E-state index < -0.39 is 0 Å². The van der Waals surface area contributed by atoms with Gasteiger partial charge in [0.05, 0.1) is 0 Å². The normalized spacial score (nSPS) is 11.3. The summed E-state index contributed by atoms with van der Waals surface area (Å²) in [4.78, 5) is 4.91. The van der Waals surface area contributed by atoms with Crippen LogP contribution in [-0.2, 0) is 12.8 Å². The van der Waals surface area contributed by atoms with Crippen LogP contribution in [0, 0.1) is 0 Å². The highest BCUT2D eigenvalue weighted by Gasteiger charge is 2.07. The second-order valence-electron chi connectivity index (χ2n) is 7.72. The summed E-state index contributed by atoms with van der Waals surface area (Å²) in [6.07, 6.45) is 2.09. The Balaban J connectivity index is 1.92. The maximum absolute atomic E-state index is 3.66. The molecule has 0 heterocycles. The number of rotatable bonds is 15. The number of nitrogens with one attached hydrogen (secondary N) is 2. The SMILES string of the molecule is CCN(CC)CCNc1ccccc1CCc1ccccc1NCCN(CC)CC. The summed E-state index contributed by atoms with van der Waals surface area (Å²) in [5, 5.41) is 7.32. The molecule has 2 N–H and O–H groups in total. The van der Waals surface area contributed by atoms with E-state index in [2.05, 4.69) is 96.7 Å². The zero-order chi connectivity index (χ0) is 21.6. The summed E-state index contributed by atoms with van der Waals surface area (Å²) in [5.74, 6) is 0. The van der Waals surface area contributed by atoms with Gasteiger partial charge in [-0.1, -0.05) is 64.1 Å². The van der Waals surface area contributed by atoms with Crippen molar-refractivity contribution < 1.29 is 0 Å². The van der Waals surface area contributed by atoms with E-state index in [-0.39, 0.29) is 0 Å². The molecular formula is C26H42N4. The highest BCUT2D eigenvalue weighted by molar-refractivity contribution is 5.54. The molecule has 0 spiro atoms. The summed E-state index contributed by atoms with van der Waals surface area (Å²) in [6, 6.07) is 17.5. The lowest BCUT2D eigenvalue weighted by atomic mass is 10.0. The molecule has 0 atom stereocenters. The molecule has 0 radical (unpaired) electrons. The number of benzene rings is 2. The molecule has 0 amide bonds. The van der Waals surface area contributed by atoms with Crippen LogP contribution in [0.25, 0.3) is 0 Å². The maximum Gasteiger partial charge on any atom is 0.0373 e. The fourth-order valence-electron chi connectivity index (χ4n) is 3.87. The number of para-hydroxylation sites is 2. The Bertz CT molecular complexity index is 646. The second kappa shape index (κ2) is 14.1. The number of aryl methyl sites for hydroxylation is 2. The van der Waals surface area contributed by atoms with Gasteiger partial charge in [-0.05, 0) is 62.3 Å². The van der Waals surface area contributed by atoms with Gasteiger partial charge in [0, 0.05) is 37.6 Å². The van der Waals surface area contributed by atoms with Crippen LogP contribution in [-0.4, -0.2) is 62.2 Å². The first-order valence-electron chi connectivity index (χ1n) is 11.8. The molecule has 4 heteroatoms. The Morgan fingerprint density at radius 2 is 0.933 bits per heavy atom. The lowest BCUT2D eigenvalue weighted by molar-refractivity contribution is 0.316. The Morgan fingerprint density at radius 1 is 0.567 bits per heavy atom. The molecule has 0 aromatic heterocycles. The van der Waals surface area contributed by atoms with Crippen molar-refractivity contribution in [3.63, 3.8) is 0 Å². The number of nitrogens with zero attached hydrogens (tertiary/aromatic N) is 2. The van der Waals surface area contributed by atoms with Gasteiger partial charge < -0.3 is 20.4 Å². The Hall–Kier alpha value is -2.04. The van der Waals surface area contributed by atoms with Crippen molar-refractivity contribution in [3.8, 4) is 0 Å². The number of hydrogen-bond donors (Lipinski definition) is 2. The van der Waals surface area contributed by atoms with Crippen LogP contribution in [0.1, 0.15) is 38.8 Å². The lowest BCUT2D eigenvalue weighted by Crippen LogP contribution is -2.28. The van der Waals surface area contributed by atoms with E-state index in [0.717, 1.165) is 65.2 Å². The zero-order valence-corrected chi connectivity index (χ0v) is 19.6. The van der Waals surface area contributed by atoms with Crippen LogP contribution in [0.2, 0.25) is 0 Å². The topological polar surface area (TPSA) is 30.5 Å². The van der Waals surface area contributed by atoms with Crippen molar-refractivity contribution in [1.82, 2.24) is 9.80 Å². The van der Waals surface area contributed by atoms with E-state index in [9.17, 15) is 0 Å². The maximum atomic E-state index is 3.66. The minimum Gasteiger partial charge on any atom is -0.384 e. The lowest BCUT2D eigenvalue weighted by Gasteiger charge is -2.20. The molecule has 0 saturated carbocycles. The van der Waals surface area contributed by atoms with Crippen molar-refractivity contribution in [1.29, 1.82) is 0 Å². The van der Waals surface area contributed by atoms with E-state index in [0.29, 0.717) is 0 Å². The van der Waals surface area contributed by atoms with Gasteiger partial charge in [-0.15, -0.1) is 0 Å². The van der Waals surface area contributed by atoms with Gasteiger partial charge >= 0.3 is 0 Å². The Kier molecular flexibility index (Phi) is 11.3. The number of anilines is 2. The van der Waals surface area contributed by atoms with E-state index in [1.165, 1.54) is 22.5 Å². The summed E-state index contributed by atoms with van der Waals surface area (Å²) >= 11 is 0. The van der Waals surface area contributed by atoms with Crippen molar-refractivity contribution in [2.24, 2.45) is 0 Å². The molecule has 2 aromatic rings. The van der Waals surface area contributed by atoms with Crippen LogP contribution in [0.5, 0.6) is 0 Å². The Morgan fingerprint density at radius 3 is 1.30 bits per heavy atom. The van der Waals surface area contributed by atoms with E-state index >= 15 is 0 Å². The summed E-state index contributed by atoms with van der Waals surface area (Å²) < 4.78 is 0. The van der Waals surface area contributed by atoms with Crippen LogP contribution in [0.3, 0.4) is 0 Å². The zero-order valence-electron chi connectivity index (χ0n) is 19.6. The molecule has 0 aliphatic heterocycles. The molecule has 4 nitrogen and oxygen atoms in total. The monoisotopic (exact) mass is 410 g/mol. The molecule has 0 unspecified atom stereocenters. The number of hydrogen-bond acceptors (Lipinski definition) is 4. The molecular weight excluding hydrogens is 368 g/mol. The summed E-state index contributed by atoms with van der Waals surface area (Å²) in [5.41, 5.74) is 5.35. The fourth-order valence-corrected chi connectivity index (χ4v) is 3.87. The van der Waals surface area contributed by atoms with E-state index in [1.54, 1.807) is 0 Å². The van der Waals surface area contributed by atoms with E-state index in [1.807, 2.05) is 0 Å². The third kappa shape index (κ3) is 8.00. The number of likely N-dealkylation sites (N-methyl/N-ethyl adjacent to an activating group) is 2. The van der Waals surface area contributed by atoms with Crippen molar-refractivity contribution in [3.05, 3.63) is 59.7 Å². The van der Waals surface area contributed by atoms with Crippen molar-refractivity contribution >= 4 is 11.4 Å². The summed E-state index contributed by atoms with van der Waals surface area (Å²) in [6.45, 7) is 17.5. The minimum atomic E-state index is 0.988. The van der Waals surface area contributed by atoms with Crippen LogP contribution in [0.15, 0.2) is 48.5 Å². The van der Waals surface area contributed by atoms with Crippen molar-refractivity contribution in [2.45, 2.75) is 40.5 Å². The Labute approximate surface area is 184 Å². The predicted octanol–water partition coefficient (Wildman–Crippen LogP) is 4.98. The molecule has 0 aliphatic carbocycles. The second-order valence-corrected chi connectivity index (χ2v) is 7.72. The van der Waals surface area contributed by atoms with Crippen molar-refractivity contribution in [2.75, 3.05) is 63.0 Å². The third-order valence-electron chi connectivity index (χ3n) is 5.97. The smallest absolute Gasteiger partial charge is 0.0373 e. The molecule has 0 saturated heterocycles. The highest BCUT2D eigenvalue weighted by atomic mass is 15.1. The predicted molar refractivity (Wildman–Crippen MR) is 133 cm³/mol. The molecule has 2 rings (SSSR count). The summed E-state index contributed by atoms with van der Waals surface area (Å²) in [7, 11) is 0. The average Bonchev–Trinajstić information content (AvgIpc) is 2.79. The molecule has 2 aromatic carbocycles. The quantitative estimate of drug-likeness (QED) is 0.433. The molecule has 166 valence electrons. The van der Waals surface area contributed by atoms with Gasteiger partial charge in [0.25, 0.3) is 0 Å². The van der Waals surface area contributed by atoms with E-state index in [4.69, 9.17) is 0 Å². The first-order valence-corrected chi connectivity index (χ1v) is 11.8. The van der Waals surface area contributed by atoms with Crippen LogP contribution >= 0.6 is 0 Å². The minimum absolute atomic E-state index is 0.988. The van der Waals surface area contributed by atoms with Gasteiger partial charge in [-0.2, -0.15) is 0 Å². The largest absolute Gasteiger partial charge is 0.384 e. The van der Waals surface area contributed by atoms with Gasteiger partial charge in [0.2, 0.25) is 0 Å². The highest BCUT2D eigenvalue weighted by Crippen LogP contribution is 2.21. The van der Waals surface area contributed by atoms with Crippen LogP contribution in [0.4, 0.5) is 11.4 Å². The standard InChI is InChI=1S/C26H42N4/c1-5-29(6-2)21-19-27-25-15-11-9-13-23(25)17-18-24-14-10-12-16-26(24)28-20-22-30(7-3)8-4/h9-16,27-28H,5-8,17-22H2,1-4H3. The van der Waals surface area contributed by atoms with Gasteiger partial charge in [0.1, 0.15) is 0 Å². The first kappa shape index (κ1) is 24.2. The van der Waals surface area contributed by atoms with Gasteiger partial charge in [0.15, 0.2) is 0 Å². The first-order chi connectivity index (χ1) is 14.7. The van der Waals surface area contributed by atoms with Gasteiger partial charge in [-0.25, -0.2) is 0 Å². The van der Waals surface area contributed by atoms with Gasteiger partial charge in [-0.3, -0.25) is 0 Å². The average molecular weight is 411 g/mol.